The minimum absolute atomic E-state index is 0.530. The molecule has 1 rings (SSSR count). The highest BCUT2D eigenvalue weighted by atomic mass is 32.2. The van der Waals surface area contributed by atoms with E-state index in [1.807, 2.05) is 6.92 Å². The second-order valence-corrected chi connectivity index (χ2v) is 6.33. The van der Waals surface area contributed by atoms with Crippen molar-refractivity contribution < 1.29 is 12.8 Å². The second kappa shape index (κ2) is 3.98. The molecule has 1 aromatic rings. The molecule has 0 saturated heterocycles. The van der Waals surface area contributed by atoms with E-state index < -0.39 is 21.1 Å². The van der Waals surface area contributed by atoms with Crippen LogP contribution in [0.1, 0.15) is 30.0 Å². The van der Waals surface area contributed by atoms with Crippen LogP contribution in [0.25, 0.3) is 0 Å². The first-order chi connectivity index (χ1) is 6.73. The number of hydrogen-bond donors (Lipinski definition) is 1. The molecule has 2 N–H and O–H groups in total. The maximum Gasteiger partial charge on any atom is 0.151 e. The van der Waals surface area contributed by atoms with Crippen LogP contribution >= 0.6 is 0 Å². The fraction of sp³-hybridized carbons (Fsp3) is 0.600. The van der Waals surface area contributed by atoms with Gasteiger partial charge in [0.05, 0.1) is 5.25 Å². The number of sulfone groups is 1. The van der Waals surface area contributed by atoms with Crippen LogP contribution in [0.5, 0.6) is 0 Å². The molecule has 0 bridgehead atoms. The molecule has 15 heavy (non-hydrogen) atoms. The Morgan fingerprint density at radius 3 is 2.27 bits per heavy atom. The first-order valence-electron chi connectivity index (χ1n) is 4.75. The predicted molar refractivity (Wildman–Crippen MR) is 59.4 cm³/mol. The summed E-state index contributed by atoms with van der Waals surface area (Å²) in [6.07, 6.45) is 1.19. The van der Waals surface area contributed by atoms with Crippen molar-refractivity contribution in [3.8, 4) is 0 Å². The molecule has 0 aliphatic rings. The van der Waals surface area contributed by atoms with Crippen molar-refractivity contribution in [2.75, 3.05) is 6.26 Å². The van der Waals surface area contributed by atoms with Gasteiger partial charge in [0.25, 0.3) is 0 Å². The molecular weight excluding hydrogens is 214 g/mol. The van der Waals surface area contributed by atoms with E-state index in [1.165, 1.54) is 6.26 Å². The van der Waals surface area contributed by atoms with E-state index in [9.17, 15) is 8.42 Å². The summed E-state index contributed by atoms with van der Waals surface area (Å²) in [5.41, 5.74) is 6.67. The standard InChI is InChI=1S/C10H17NO3S/c1-6-5-9(7(2)14-6)10(11)8(3)15(4,12)13/h5,8,10H,11H2,1-4H3. The monoisotopic (exact) mass is 231 g/mol. The van der Waals surface area contributed by atoms with Crippen molar-refractivity contribution in [2.45, 2.75) is 32.1 Å². The third-order valence-electron chi connectivity index (χ3n) is 2.62. The van der Waals surface area contributed by atoms with Gasteiger partial charge in [-0.25, -0.2) is 8.42 Å². The minimum Gasteiger partial charge on any atom is -0.466 e. The fourth-order valence-electron chi connectivity index (χ4n) is 1.50. The van der Waals surface area contributed by atoms with E-state index in [0.717, 1.165) is 11.3 Å². The molecular formula is C10H17NO3S. The van der Waals surface area contributed by atoms with Crippen molar-refractivity contribution in [3.05, 3.63) is 23.2 Å². The van der Waals surface area contributed by atoms with Gasteiger partial charge in [0, 0.05) is 17.9 Å². The van der Waals surface area contributed by atoms with Gasteiger partial charge >= 0.3 is 0 Å². The lowest BCUT2D eigenvalue weighted by molar-refractivity contribution is 0.495. The highest BCUT2D eigenvalue weighted by molar-refractivity contribution is 7.91. The van der Waals surface area contributed by atoms with Gasteiger partial charge in [0.15, 0.2) is 9.84 Å². The van der Waals surface area contributed by atoms with Crippen LogP contribution in [-0.4, -0.2) is 19.9 Å². The average Bonchev–Trinajstić information content (AvgIpc) is 2.41. The first kappa shape index (κ1) is 12.3. The van der Waals surface area contributed by atoms with Gasteiger partial charge in [0.2, 0.25) is 0 Å². The van der Waals surface area contributed by atoms with Crippen molar-refractivity contribution >= 4 is 9.84 Å². The van der Waals surface area contributed by atoms with Gasteiger partial charge in [-0.15, -0.1) is 0 Å². The Morgan fingerprint density at radius 1 is 1.40 bits per heavy atom. The zero-order valence-electron chi connectivity index (χ0n) is 9.44. The zero-order chi connectivity index (χ0) is 11.8. The second-order valence-electron chi connectivity index (χ2n) is 3.93. The predicted octanol–water partition coefficient (Wildman–Crippen LogP) is 1.33. The molecule has 1 aromatic heterocycles. The lowest BCUT2D eigenvalue weighted by atomic mass is 10.1. The summed E-state index contributed by atoms with van der Waals surface area (Å²) >= 11 is 0. The molecule has 86 valence electrons. The van der Waals surface area contributed by atoms with Gasteiger partial charge in [0.1, 0.15) is 11.5 Å². The van der Waals surface area contributed by atoms with Crippen molar-refractivity contribution in [3.63, 3.8) is 0 Å². The molecule has 0 aliphatic heterocycles. The van der Waals surface area contributed by atoms with Gasteiger partial charge < -0.3 is 10.2 Å². The van der Waals surface area contributed by atoms with Gasteiger partial charge in [-0.3, -0.25) is 0 Å². The van der Waals surface area contributed by atoms with E-state index in [4.69, 9.17) is 10.2 Å². The maximum absolute atomic E-state index is 11.4. The van der Waals surface area contributed by atoms with Gasteiger partial charge in [-0.1, -0.05) is 0 Å². The zero-order valence-corrected chi connectivity index (χ0v) is 10.3. The number of nitrogens with two attached hydrogens (primary N) is 1. The SMILES string of the molecule is Cc1cc(C(N)C(C)S(C)(=O)=O)c(C)o1. The molecule has 2 atom stereocenters. The Bertz CT molecular complexity index is 447. The van der Waals surface area contributed by atoms with E-state index in [0.29, 0.717) is 5.76 Å². The molecule has 2 unspecified atom stereocenters. The largest absolute Gasteiger partial charge is 0.466 e. The van der Waals surface area contributed by atoms with Crippen LogP contribution in [0.2, 0.25) is 0 Å². The van der Waals surface area contributed by atoms with Crippen LogP contribution in [-0.2, 0) is 9.84 Å². The summed E-state index contributed by atoms with van der Waals surface area (Å²) < 4.78 is 28.0. The van der Waals surface area contributed by atoms with E-state index >= 15 is 0 Å². The molecule has 0 radical (unpaired) electrons. The number of aryl methyl sites for hydroxylation is 2. The van der Waals surface area contributed by atoms with Crippen molar-refractivity contribution in [2.24, 2.45) is 5.73 Å². The lowest BCUT2D eigenvalue weighted by Gasteiger charge is -2.17. The maximum atomic E-state index is 11.4. The Balaban J connectivity index is 3.05. The number of hydrogen-bond acceptors (Lipinski definition) is 4. The van der Waals surface area contributed by atoms with Crippen molar-refractivity contribution in [1.82, 2.24) is 0 Å². The summed E-state index contributed by atoms with van der Waals surface area (Å²) in [6, 6.07) is 1.26. The fourth-order valence-corrected chi connectivity index (χ4v) is 2.18. The summed E-state index contributed by atoms with van der Waals surface area (Å²) in [6.45, 7) is 5.22. The van der Waals surface area contributed by atoms with Gasteiger partial charge in [-0.05, 0) is 26.8 Å². The highest BCUT2D eigenvalue weighted by Gasteiger charge is 2.26. The Morgan fingerprint density at radius 2 is 1.93 bits per heavy atom. The Labute approximate surface area is 90.4 Å². The molecule has 0 aliphatic carbocycles. The normalized spacial score (nSPS) is 16.3. The summed E-state index contributed by atoms with van der Waals surface area (Å²) in [5, 5.41) is -0.604. The molecule has 0 spiro atoms. The van der Waals surface area contributed by atoms with E-state index in [1.54, 1.807) is 19.9 Å². The van der Waals surface area contributed by atoms with Crippen LogP contribution < -0.4 is 5.73 Å². The van der Waals surface area contributed by atoms with Crippen LogP contribution in [0.4, 0.5) is 0 Å². The summed E-state index contributed by atoms with van der Waals surface area (Å²) in [4.78, 5) is 0. The molecule has 0 amide bonds. The Kier molecular flexibility index (Phi) is 3.25. The summed E-state index contributed by atoms with van der Waals surface area (Å²) in [5.74, 6) is 1.44. The van der Waals surface area contributed by atoms with E-state index in [-0.39, 0.29) is 0 Å². The molecule has 1 heterocycles. The smallest absolute Gasteiger partial charge is 0.151 e. The van der Waals surface area contributed by atoms with Crippen LogP contribution in [0.15, 0.2) is 10.5 Å². The molecule has 5 heteroatoms. The molecule has 0 saturated carbocycles. The van der Waals surface area contributed by atoms with E-state index in [2.05, 4.69) is 0 Å². The number of furan rings is 1. The molecule has 0 aromatic carbocycles. The third-order valence-corrected chi connectivity index (χ3v) is 4.26. The van der Waals surface area contributed by atoms with Crippen LogP contribution in [0, 0.1) is 13.8 Å². The average molecular weight is 231 g/mol. The first-order valence-corrected chi connectivity index (χ1v) is 6.70. The molecule has 4 nitrogen and oxygen atoms in total. The lowest BCUT2D eigenvalue weighted by Crippen LogP contribution is -2.30. The quantitative estimate of drug-likeness (QED) is 0.851. The molecule has 0 fully saturated rings. The summed E-state index contributed by atoms with van der Waals surface area (Å²) in [7, 11) is -3.12. The Hall–Kier alpha value is -0.810. The highest BCUT2D eigenvalue weighted by Crippen LogP contribution is 2.24. The third kappa shape index (κ3) is 2.60. The van der Waals surface area contributed by atoms with Gasteiger partial charge in [-0.2, -0.15) is 0 Å². The minimum atomic E-state index is -3.12. The van der Waals surface area contributed by atoms with Crippen LogP contribution in [0.3, 0.4) is 0 Å². The topological polar surface area (TPSA) is 73.3 Å². The van der Waals surface area contributed by atoms with Crippen molar-refractivity contribution in [1.29, 1.82) is 0 Å². The number of rotatable bonds is 3.